The van der Waals surface area contributed by atoms with Crippen LogP contribution in [0.3, 0.4) is 0 Å². The molecule has 4 aromatic carbocycles. The minimum Gasteiger partial charge on any atom is -0.201 e. The Hall–Kier alpha value is -6.52. The Morgan fingerprint density at radius 1 is 0.367 bits per heavy atom. The molecule has 4 heterocycles. The average Bonchev–Trinajstić information content (AvgIpc) is 1.52. The van der Waals surface area contributed by atoms with Crippen molar-refractivity contribution >= 4 is 0 Å². The number of pyridine rings is 4. The largest absolute Gasteiger partial charge is 0.216 e. The van der Waals surface area contributed by atoms with Crippen LogP contribution in [0.5, 0.6) is 0 Å². The van der Waals surface area contributed by atoms with E-state index in [4.69, 9.17) is 0 Å². The molecule has 4 unspecified atom stereocenters. The van der Waals surface area contributed by atoms with Crippen molar-refractivity contribution in [1.82, 2.24) is 0 Å². The van der Waals surface area contributed by atoms with E-state index in [-0.39, 0.29) is 32.5 Å². The molecule has 6 aliphatic carbocycles. The summed E-state index contributed by atoms with van der Waals surface area (Å²) in [6.07, 6.45) is 16.5. The zero-order valence-electron chi connectivity index (χ0n) is 61.7. The normalized spacial score (nSPS) is 23.9. The van der Waals surface area contributed by atoms with E-state index in [1.54, 1.807) is 11.1 Å². The molecular formula is C86H112N4+4. The Morgan fingerprint density at radius 2 is 0.744 bits per heavy atom. The van der Waals surface area contributed by atoms with Gasteiger partial charge in [0.25, 0.3) is 0 Å². The van der Waals surface area contributed by atoms with E-state index < -0.39 is 5.89 Å². The molecule has 0 saturated heterocycles. The summed E-state index contributed by atoms with van der Waals surface area (Å²) < 4.78 is 18.5. The molecule has 4 heteroatoms. The summed E-state index contributed by atoms with van der Waals surface area (Å²) in [5.41, 5.74) is 35.1. The maximum Gasteiger partial charge on any atom is 0.216 e. The van der Waals surface area contributed by atoms with Crippen LogP contribution < -0.4 is 18.3 Å². The highest BCUT2D eigenvalue weighted by atomic mass is 15.0. The van der Waals surface area contributed by atoms with Gasteiger partial charge in [-0.3, -0.25) is 0 Å². The molecule has 4 aromatic heterocycles. The Kier molecular flexibility index (Phi) is 15.6. The van der Waals surface area contributed by atoms with Crippen LogP contribution in [0.4, 0.5) is 0 Å². The number of aromatic nitrogens is 4. The molecule has 4 nitrogen and oxygen atoms in total. The Bertz CT molecular complexity index is 4270. The van der Waals surface area contributed by atoms with Gasteiger partial charge in [-0.2, -0.15) is 0 Å². The van der Waals surface area contributed by atoms with Crippen molar-refractivity contribution < 1.29 is 19.6 Å². The summed E-state index contributed by atoms with van der Waals surface area (Å²) in [5.74, 6) is 0.256. The first-order valence-electron chi connectivity index (χ1n) is 34.6. The summed E-state index contributed by atoms with van der Waals surface area (Å²) in [6, 6.07) is 36.6. The lowest BCUT2D eigenvalue weighted by Crippen LogP contribution is -2.36. The first-order valence-corrected chi connectivity index (χ1v) is 34.1. The van der Waals surface area contributed by atoms with Crippen LogP contribution in [-0.2, 0) is 60.7 Å². The van der Waals surface area contributed by atoms with Crippen molar-refractivity contribution in [2.45, 2.75) is 235 Å². The van der Waals surface area contributed by atoms with E-state index >= 15 is 0 Å². The van der Waals surface area contributed by atoms with E-state index in [1.165, 1.54) is 149 Å². The lowest BCUT2D eigenvalue weighted by Gasteiger charge is -2.34. The van der Waals surface area contributed by atoms with Crippen molar-refractivity contribution in [2.75, 3.05) is 0 Å². The second kappa shape index (κ2) is 22.1. The van der Waals surface area contributed by atoms with Crippen LogP contribution in [0.1, 0.15) is 238 Å². The maximum atomic E-state index is 9.29. The molecule has 0 radical (unpaired) electrons. The first kappa shape index (κ1) is 63.6. The van der Waals surface area contributed by atoms with Gasteiger partial charge < -0.3 is 0 Å². The Balaban J connectivity index is 0.000000125. The average molecular weight is 1200 g/mol. The van der Waals surface area contributed by atoms with E-state index in [2.05, 4.69) is 321 Å². The van der Waals surface area contributed by atoms with Gasteiger partial charge >= 0.3 is 0 Å². The minimum absolute atomic E-state index is 0.0176. The molecule has 2 fully saturated rings. The summed E-state index contributed by atoms with van der Waals surface area (Å²) >= 11 is 0. The summed E-state index contributed by atoms with van der Waals surface area (Å²) in [5, 5.41) is 0. The van der Waals surface area contributed by atoms with E-state index in [1.807, 2.05) is 0 Å². The fourth-order valence-electron chi connectivity index (χ4n) is 19.3. The quantitative estimate of drug-likeness (QED) is 0.156. The predicted molar refractivity (Wildman–Crippen MR) is 378 cm³/mol. The van der Waals surface area contributed by atoms with Gasteiger partial charge in [0.05, 0.1) is 0 Å². The van der Waals surface area contributed by atoms with Crippen molar-refractivity contribution in [3.8, 4) is 45.0 Å². The molecule has 90 heavy (non-hydrogen) atoms. The molecular weight excluding hydrogens is 1090 g/mol. The summed E-state index contributed by atoms with van der Waals surface area (Å²) in [7, 11) is 8.71. The minimum atomic E-state index is -0.460. The number of benzene rings is 4. The topological polar surface area (TPSA) is 15.5 Å². The monoisotopic (exact) mass is 1200 g/mol. The van der Waals surface area contributed by atoms with E-state index in [0.29, 0.717) is 16.7 Å². The van der Waals surface area contributed by atoms with Crippen molar-refractivity contribution in [3.63, 3.8) is 0 Å². The van der Waals surface area contributed by atoms with Crippen LogP contribution >= 0.6 is 0 Å². The first-order chi connectivity index (χ1) is 42.1. The molecule has 2 saturated carbocycles. The molecule has 0 spiro atoms. The zero-order valence-corrected chi connectivity index (χ0v) is 60.7. The lowest BCUT2D eigenvalue weighted by molar-refractivity contribution is -0.661. The van der Waals surface area contributed by atoms with Crippen LogP contribution in [-0.4, -0.2) is 0 Å². The van der Waals surface area contributed by atoms with Gasteiger partial charge in [0.2, 0.25) is 22.8 Å². The number of nitrogens with zero attached hydrogens (tertiary/aromatic N) is 4. The molecule has 0 N–H and O–H groups in total. The second-order valence-electron chi connectivity index (χ2n) is 33.6. The van der Waals surface area contributed by atoms with Crippen molar-refractivity contribution in [3.05, 3.63) is 211 Å². The second-order valence-corrected chi connectivity index (χ2v) is 33.6. The van der Waals surface area contributed by atoms with Crippen LogP contribution in [0.25, 0.3) is 45.0 Å². The van der Waals surface area contributed by atoms with Gasteiger partial charge in [0.1, 0.15) is 28.2 Å². The van der Waals surface area contributed by atoms with E-state index in [9.17, 15) is 1.37 Å². The summed E-state index contributed by atoms with van der Waals surface area (Å²) in [4.78, 5) is 0. The van der Waals surface area contributed by atoms with Crippen LogP contribution in [0.2, 0.25) is 0 Å². The van der Waals surface area contributed by atoms with Crippen molar-refractivity contribution in [1.29, 1.82) is 0 Å². The third-order valence-corrected chi connectivity index (χ3v) is 24.5. The molecule has 8 aromatic rings. The Labute approximate surface area is 546 Å². The fraction of sp³-hybridized carbons (Fsp3) is 0.488. The highest BCUT2D eigenvalue weighted by molar-refractivity contribution is 5.70. The molecule has 4 atom stereocenters. The molecule has 14 rings (SSSR count). The van der Waals surface area contributed by atoms with Gasteiger partial charge in [0.15, 0.2) is 24.8 Å². The van der Waals surface area contributed by atoms with Gasteiger partial charge in [-0.25, -0.2) is 18.3 Å². The number of hydrogen-bond donors (Lipinski definition) is 0. The third kappa shape index (κ3) is 10.5. The number of hydrogen-bond acceptors (Lipinski definition) is 0. The third-order valence-electron chi connectivity index (χ3n) is 24.5. The zero-order chi connectivity index (χ0) is 66.6. The highest BCUT2D eigenvalue weighted by Gasteiger charge is 2.62. The summed E-state index contributed by atoms with van der Waals surface area (Å²) in [6.45, 7) is 50.9. The Morgan fingerprint density at radius 3 is 1.22 bits per heavy atom. The van der Waals surface area contributed by atoms with E-state index in [0.717, 1.165) is 12.8 Å². The van der Waals surface area contributed by atoms with Crippen molar-refractivity contribution in [2.24, 2.45) is 39.0 Å². The van der Waals surface area contributed by atoms with Gasteiger partial charge in [-0.15, -0.1) is 0 Å². The highest BCUT2D eigenvalue weighted by Crippen LogP contribution is 2.69. The lowest BCUT2D eigenvalue weighted by atomic mass is 9.69. The number of rotatable bonds is 4. The molecule has 6 aliphatic rings. The smallest absolute Gasteiger partial charge is 0.201 e. The number of aryl methyl sites for hydroxylation is 12. The molecule has 472 valence electrons. The fourth-order valence-corrected chi connectivity index (χ4v) is 19.3. The maximum absolute atomic E-state index is 9.29. The van der Waals surface area contributed by atoms with Crippen LogP contribution in [0, 0.1) is 66.2 Å². The molecule has 4 bridgehead atoms. The molecule has 0 amide bonds. The van der Waals surface area contributed by atoms with Gasteiger partial charge in [0, 0.05) is 81.0 Å². The predicted octanol–water partition coefficient (Wildman–Crippen LogP) is 19.4. The number of fused-ring (bicyclic) bond motifs is 12. The molecule has 0 aliphatic heterocycles. The van der Waals surface area contributed by atoms with Gasteiger partial charge in [-0.1, -0.05) is 168 Å². The standard InChI is InChI=1S/2C22H28N.2C21H28N/c2*1-14-7-8-16(15(2)11-14)20-12-17-18-9-10-22(5,21(18,3)4)19(17)13-23(20)6;1-14-8-9-16(15(2)10-14)19-11-17-18(12-22(19)7)21(5,6)13-20(17,3)4;1-14-8-9-16(15(2)12-14)19-18-17(10-11-22(19)7)20(3,4)13-21(18,5)6/h2*7-8,11-13,18H,9-10H2,1-6H3;2*8-12H,13H2,1-7H3/q4*+1/i18D;;;. The van der Waals surface area contributed by atoms with Crippen LogP contribution in [0.15, 0.2) is 122 Å². The SMILES string of the molecule is Cc1ccc(-c2c3c(cc[n+]2C)C(C)(C)CC3(C)C)c(C)c1.Cc1ccc(-c2cc3c(c[n+]2C)C(C)(C)CC3(C)C)c(C)c1.Cc1ccc(-c2cc3c(c[n+]2C)C2(C)CCC3C2(C)C)c(C)c1.[2H]C12CCC(C)(c3c[n+](C)c(-c4ccc(C)cc4C)cc31)C2(C)C. The van der Waals surface area contributed by atoms with Gasteiger partial charge in [-0.05, 0) is 207 Å².